The Morgan fingerprint density at radius 3 is 2.33 bits per heavy atom. The molecule has 3 nitrogen and oxygen atoms in total. The molecule has 0 saturated heterocycles. The minimum atomic E-state index is -0.515. The summed E-state index contributed by atoms with van der Waals surface area (Å²) in [6.07, 6.45) is 6.73. The highest BCUT2D eigenvalue weighted by molar-refractivity contribution is 9.11. The average Bonchev–Trinajstić information content (AvgIpc) is 2.19. The van der Waals surface area contributed by atoms with E-state index in [1.165, 1.54) is 0 Å². The maximum atomic E-state index is 11.6. The quantitative estimate of drug-likeness (QED) is 0.779. The number of amides is 1. The van der Waals surface area contributed by atoms with Crippen LogP contribution in [0.25, 0.3) is 0 Å². The molecule has 4 heteroatoms. The van der Waals surface area contributed by atoms with Gasteiger partial charge in [0.2, 0.25) is 0 Å². The number of allylic oxidation sites excluding steroid dienone is 5. The number of hydrogen-bond acceptors (Lipinski definition) is 2. The molecule has 0 saturated carbocycles. The minimum absolute atomic E-state index is 0.485. The Balaban J connectivity index is 4.64. The fourth-order valence-corrected chi connectivity index (χ4v) is 1.14. The summed E-state index contributed by atoms with van der Waals surface area (Å²) >= 11 is 3.16. The van der Waals surface area contributed by atoms with Gasteiger partial charge in [0.25, 0.3) is 0 Å². The van der Waals surface area contributed by atoms with Crippen molar-refractivity contribution in [3.05, 3.63) is 47.1 Å². The first kappa shape index (κ1) is 16.7. The summed E-state index contributed by atoms with van der Waals surface area (Å²) < 4.78 is 5.17. The number of carbonyl (C=O) groups excluding carboxylic acids is 1. The normalized spacial score (nSPS) is 13.1. The first-order valence-electron chi connectivity index (χ1n) is 5.56. The molecule has 0 radical (unpaired) electrons. The molecular weight excluding hydrogens is 294 g/mol. The van der Waals surface area contributed by atoms with E-state index in [1.807, 2.05) is 39.8 Å². The Morgan fingerprint density at radius 1 is 1.28 bits per heavy atom. The molecule has 0 bridgehead atoms. The van der Waals surface area contributed by atoms with Crippen LogP contribution < -0.4 is 5.32 Å². The standard InChI is InChI=1S/C14H20BrNO2/c1-11(2)12(9-7-6-8-10-15)16-13(17)18-14(3,4)5/h6-10H,1H2,2-5H3,(H,16,17)/b7-6+,10-8+,12-9-. The van der Waals surface area contributed by atoms with Crippen molar-refractivity contribution in [1.29, 1.82) is 0 Å². The second-order valence-corrected chi connectivity index (χ2v) is 5.22. The van der Waals surface area contributed by atoms with Gasteiger partial charge < -0.3 is 4.74 Å². The van der Waals surface area contributed by atoms with Crippen LogP contribution in [0.1, 0.15) is 27.7 Å². The molecule has 100 valence electrons. The summed E-state index contributed by atoms with van der Waals surface area (Å²) in [5.41, 5.74) is 0.871. The van der Waals surface area contributed by atoms with Crippen LogP contribution in [0.5, 0.6) is 0 Å². The van der Waals surface area contributed by atoms with E-state index >= 15 is 0 Å². The van der Waals surface area contributed by atoms with E-state index in [4.69, 9.17) is 4.74 Å². The van der Waals surface area contributed by atoms with E-state index < -0.39 is 11.7 Å². The van der Waals surface area contributed by atoms with Crippen molar-refractivity contribution >= 4 is 22.0 Å². The number of alkyl carbamates (subject to hydrolysis) is 1. The van der Waals surface area contributed by atoms with E-state index in [0.717, 1.165) is 5.57 Å². The van der Waals surface area contributed by atoms with Crippen molar-refractivity contribution in [3.63, 3.8) is 0 Å². The van der Waals surface area contributed by atoms with E-state index in [9.17, 15) is 4.79 Å². The van der Waals surface area contributed by atoms with Crippen LogP contribution in [0, 0.1) is 0 Å². The maximum Gasteiger partial charge on any atom is 0.412 e. The van der Waals surface area contributed by atoms with Gasteiger partial charge in [-0.25, -0.2) is 4.79 Å². The SMILES string of the molecule is C=C(C)/C(=C/C=C/C=C/Br)NC(=O)OC(C)(C)C. The van der Waals surface area contributed by atoms with Gasteiger partial charge in [-0.1, -0.05) is 40.7 Å². The molecule has 0 aromatic rings. The summed E-state index contributed by atoms with van der Waals surface area (Å²) in [5, 5.41) is 2.66. The second-order valence-electron chi connectivity index (χ2n) is 4.69. The van der Waals surface area contributed by atoms with Crippen molar-refractivity contribution in [2.75, 3.05) is 0 Å². The fraction of sp³-hybridized carbons (Fsp3) is 0.357. The lowest BCUT2D eigenvalue weighted by Crippen LogP contribution is -2.32. The predicted octanol–water partition coefficient (Wildman–Crippen LogP) is 4.44. The molecule has 1 N–H and O–H groups in total. The van der Waals surface area contributed by atoms with E-state index in [2.05, 4.69) is 27.8 Å². The molecule has 0 aliphatic heterocycles. The molecule has 18 heavy (non-hydrogen) atoms. The van der Waals surface area contributed by atoms with Gasteiger partial charge in [-0.05, 0) is 44.3 Å². The van der Waals surface area contributed by atoms with Crippen molar-refractivity contribution in [1.82, 2.24) is 5.32 Å². The van der Waals surface area contributed by atoms with Crippen molar-refractivity contribution < 1.29 is 9.53 Å². The van der Waals surface area contributed by atoms with Gasteiger partial charge in [-0.2, -0.15) is 0 Å². The minimum Gasteiger partial charge on any atom is -0.444 e. The summed E-state index contributed by atoms with van der Waals surface area (Å²) in [4.78, 5) is 13.3. The molecular formula is C14H20BrNO2. The van der Waals surface area contributed by atoms with E-state index in [-0.39, 0.29) is 0 Å². The highest BCUT2D eigenvalue weighted by Crippen LogP contribution is 2.09. The molecule has 0 unspecified atom stereocenters. The second kappa shape index (κ2) is 7.93. The lowest BCUT2D eigenvalue weighted by molar-refractivity contribution is 0.0547. The molecule has 0 aromatic heterocycles. The summed E-state index contributed by atoms with van der Waals surface area (Å²) in [6.45, 7) is 11.1. The lowest BCUT2D eigenvalue weighted by atomic mass is 10.2. The van der Waals surface area contributed by atoms with Crippen molar-refractivity contribution in [3.8, 4) is 0 Å². The molecule has 1 amide bonds. The first-order valence-corrected chi connectivity index (χ1v) is 6.47. The first-order chi connectivity index (χ1) is 8.26. The summed E-state index contributed by atoms with van der Waals surface area (Å²) in [6, 6.07) is 0. The third kappa shape index (κ3) is 8.82. The fourth-order valence-electron chi connectivity index (χ4n) is 0.962. The molecule has 0 aliphatic rings. The van der Waals surface area contributed by atoms with Crippen LogP contribution in [0.4, 0.5) is 4.79 Å². The van der Waals surface area contributed by atoms with Crippen LogP contribution in [-0.2, 0) is 4.74 Å². The zero-order chi connectivity index (χ0) is 14.2. The number of halogens is 1. The lowest BCUT2D eigenvalue weighted by Gasteiger charge is -2.20. The Morgan fingerprint density at radius 2 is 1.89 bits per heavy atom. The van der Waals surface area contributed by atoms with E-state index in [0.29, 0.717) is 5.70 Å². The van der Waals surface area contributed by atoms with Crippen LogP contribution in [-0.4, -0.2) is 11.7 Å². The average molecular weight is 314 g/mol. The molecule has 0 aliphatic carbocycles. The Hall–Kier alpha value is -1.29. The van der Waals surface area contributed by atoms with Gasteiger partial charge in [0.05, 0.1) is 0 Å². The third-order valence-electron chi connectivity index (χ3n) is 1.65. The number of rotatable bonds is 4. The highest BCUT2D eigenvalue weighted by atomic mass is 79.9. The van der Waals surface area contributed by atoms with E-state index in [1.54, 1.807) is 17.1 Å². The largest absolute Gasteiger partial charge is 0.444 e. The Kier molecular flexibility index (Phi) is 7.36. The predicted molar refractivity (Wildman–Crippen MR) is 79.5 cm³/mol. The monoisotopic (exact) mass is 313 g/mol. The van der Waals surface area contributed by atoms with Gasteiger partial charge >= 0.3 is 6.09 Å². The Labute approximate surface area is 117 Å². The molecule has 0 rings (SSSR count). The number of hydrogen-bond donors (Lipinski definition) is 1. The van der Waals surface area contributed by atoms with Crippen molar-refractivity contribution in [2.24, 2.45) is 0 Å². The molecule has 0 atom stereocenters. The van der Waals surface area contributed by atoms with Crippen LogP contribution in [0.3, 0.4) is 0 Å². The molecule has 0 heterocycles. The van der Waals surface area contributed by atoms with Crippen LogP contribution in [0.2, 0.25) is 0 Å². The van der Waals surface area contributed by atoms with Gasteiger partial charge in [0.15, 0.2) is 0 Å². The maximum absolute atomic E-state index is 11.6. The highest BCUT2D eigenvalue weighted by Gasteiger charge is 2.16. The molecule has 0 fully saturated rings. The molecule has 0 spiro atoms. The third-order valence-corrected chi connectivity index (χ3v) is 1.96. The zero-order valence-electron chi connectivity index (χ0n) is 11.3. The van der Waals surface area contributed by atoms with Gasteiger partial charge in [0, 0.05) is 5.70 Å². The van der Waals surface area contributed by atoms with Gasteiger partial charge in [-0.3, -0.25) is 5.32 Å². The molecule has 0 aromatic carbocycles. The number of carbonyl (C=O) groups is 1. The zero-order valence-corrected chi connectivity index (χ0v) is 12.9. The van der Waals surface area contributed by atoms with Crippen molar-refractivity contribution in [2.45, 2.75) is 33.3 Å². The number of nitrogens with one attached hydrogen (secondary N) is 1. The van der Waals surface area contributed by atoms with Crippen LogP contribution >= 0.6 is 15.9 Å². The number of ether oxygens (including phenoxy) is 1. The summed E-state index contributed by atoms with van der Waals surface area (Å²) in [7, 11) is 0. The topological polar surface area (TPSA) is 38.3 Å². The summed E-state index contributed by atoms with van der Waals surface area (Å²) in [5.74, 6) is 0. The van der Waals surface area contributed by atoms with Gasteiger partial charge in [0.1, 0.15) is 5.60 Å². The Bertz CT molecular complexity index is 387. The van der Waals surface area contributed by atoms with Crippen LogP contribution in [0.15, 0.2) is 47.1 Å². The smallest absolute Gasteiger partial charge is 0.412 e. The van der Waals surface area contributed by atoms with Gasteiger partial charge in [-0.15, -0.1) is 0 Å².